The highest BCUT2D eigenvalue weighted by Gasteiger charge is 2.18. The summed E-state index contributed by atoms with van der Waals surface area (Å²) in [5, 5.41) is 0.306. The zero-order valence-electron chi connectivity index (χ0n) is 6.30. The highest BCUT2D eigenvalue weighted by atomic mass is 79.9. The maximum absolute atomic E-state index is 5.67. The summed E-state index contributed by atoms with van der Waals surface area (Å²) < 4.78 is 0.909. The maximum atomic E-state index is 5.67. The second-order valence-electron chi connectivity index (χ2n) is 2.65. The van der Waals surface area contributed by atoms with Gasteiger partial charge in [-0.15, -0.1) is 0 Å². The number of hydrogen-bond acceptors (Lipinski definition) is 3. The Morgan fingerprint density at radius 3 is 2.83 bits per heavy atom. The highest BCUT2D eigenvalue weighted by molar-refractivity contribution is 9.10. The molecule has 1 aliphatic rings. The van der Waals surface area contributed by atoms with Crippen LogP contribution in [-0.4, -0.2) is 23.1 Å². The first-order chi connectivity index (χ1) is 5.77. The van der Waals surface area contributed by atoms with Gasteiger partial charge >= 0.3 is 0 Å². The molecule has 12 heavy (non-hydrogen) atoms. The zero-order valence-corrected chi connectivity index (χ0v) is 8.64. The third-order valence-corrected chi connectivity index (χ3v) is 2.59. The Labute approximate surface area is 83.9 Å². The van der Waals surface area contributed by atoms with Gasteiger partial charge in [0.1, 0.15) is 5.82 Å². The molecule has 0 aromatic carbocycles. The van der Waals surface area contributed by atoms with Gasteiger partial charge in [-0.3, -0.25) is 0 Å². The van der Waals surface area contributed by atoms with Gasteiger partial charge in [-0.2, -0.15) is 4.98 Å². The SMILES string of the molecule is Clc1ncc(Br)c(N2CCC2)n1. The minimum Gasteiger partial charge on any atom is -0.355 e. The van der Waals surface area contributed by atoms with E-state index in [1.165, 1.54) is 6.42 Å². The molecule has 1 aliphatic heterocycles. The predicted molar refractivity (Wildman–Crippen MR) is 51.6 cm³/mol. The summed E-state index contributed by atoms with van der Waals surface area (Å²) in [7, 11) is 0. The van der Waals surface area contributed by atoms with E-state index in [2.05, 4.69) is 30.8 Å². The summed E-state index contributed by atoms with van der Waals surface area (Å²) >= 11 is 9.05. The van der Waals surface area contributed by atoms with Gasteiger partial charge in [-0.05, 0) is 34.0 Å². The van der Waals surface area contributed by atoms with Crippen molar-refractivity contribution in [3.05, 3.63) is 16.0 Å². The number of hydrogen-bond donors (Lipinski definition) is 0. The smallest absolute Gasteiger partial charge is 0.224 e. The van der Waals surface area contributed by atoms with Crippen molar-refractivity contribution in [3.8, 4) is 0 Å². The number of halogens is 2. The van der Waals surface area contributed by atoms with Crippen molar-refractivity contribution in [1.82, 2.24) is 9.97 Å². The molecule has 3 nitrogen and oxygen atoms in total. The molecule has 64 valence electrons. The van der Waals surface area contributed by atoms with Crippen LogP contribution in [0.15, 0.2) is 10.7 Å². The standard InChI is InChI=1S/C7H7BrClN3/c8-5-4-10-7(9)11-6(5)12-2-1-3-12/h4H,1-3H2. The fourth-order valence-corrected chi connectivity index (χ4v) is 1.66. The molecule has 0 amide bonds. The lowest BCUT2D eigenvalue weighted by molar-refractivity contribution is 0.607. The lowest BCUT2D eigenvalue weighted by atomic mass is 10.2. The van der Waals surface area contributed by atoms with Gasteiger partial charge in [0.25, 0.3) is 0 Å². The molecule has 0 radical (unpaired) electrons. The van der Waals surface area contributed by atoms with Gasteiger partial charge in [-0.1, -0.05) is 0 Å². The van der Waals surface area contributed by atoms with Crippen molar-refractivity contribution in [3.63, 3.8) is 0 Å². The molecule has 0 atom stereocenters. The molecule has 0 saturated carbocycles. The lowest BCUT2D eigenvalue weighted by Gasteiger charge is -2.32. The van der Waals surface area contributed by atoms with Crippen molar-refractivity contribution in [2.75, 3.05) is 18.0 Å². The molecule has 1 aromatic rings. The zero-order chi connectivity index (χ0) is 8.55. The van der Waals surface area contributed by atoms with Crippen LogP contribution in [0.3, 0.4) is 0 Å². The monoisotopic (exact) mass is 247 g/mol. The van der Waals surface area contributed by atoms with E-state index in [-0.39, 0.29) is 0 Å². The molecule has 1 aromatic heterocycles. The Morgan fingerprint density at radius 2 is 2.25 bits per heavy atom. The molecule has 2 rings (SSSR count). The largest absolute Gasteiger partial charge is 0.355 e. The predicted octanol–water partition coefficient (Wildman–Crippen LogP) is 2.10. The van der Waals surface area contributed by atoms with E-state index in [0.717, 1.165) is 23.4 Å². The van der Waals surface area contributed by atoms with Crippen LogP contribution in [0.4, 0.5) is 5.82 Å². The van der Waals surface area contributed by atoms with Crippen molar-refractivity contribution in [2.24, 2.45) is 0 Å². The van der Waals surface area contributed by atoms with Crippen LogP contribution in [0.2, 0.25) is 5.28 Å². The fraction of sp³-hybridized carbons (Fsp3) is 0.429. The molecule has 0 spiro atoms. The summed E-state index contributed by atoms with van der Waals surface area (Å²) in [6, 6.07) is 0. The molecular weight excluding hydrogens is 241 g/mol. The van der Waals surface area contributed by atoms with E-state index >= 15 is 0 Å². The summed E-state index contributed by atoms with van der Waals surface area (Å²) in [6.45, 7) is 2.12. The third-order valence-electron chi connectivity index (χ3n) is 1.85. The van der Waals surface area contributed by atoms with Crippen molar-refractivity contribution in [1.29, 1.82) is 0 Å². The van der Waals surface area contributed by atoms with Crippen molar-refractivity contribution in [2.45, 2.75) is 6.42 Å². The van der Waals surface area contributed by atoms with Crippen LogP contribution >= 0.6 is 27.5 Å². The average molecular weight is 249 g/mol. The number of rotatable bonds is 1. The Kier molecular flexibility index (Phi) is 2.19. The van der Waals surface area contributed by atoms with Crippen molar-refractivity contribution >= 4 is 33.3 Å². The molecule has 0 unspecified atom stereocenters. The van der Waals surface area contributed by atoms with Gasteiger partial charge in [0, 0.05) is 19.3 Å². The van der Waals surface area contributed by atoms with Gasteiger partial charge in [0.2, 0.25) is 5.28 Å². The Morgan fingerprint density at radius 1 is 1.50 bits per heavy atom. The molecule has 0 N–H and O–H groups in total. The molecule has 5 heteroatoms. The minimum atomic E-state index is 0.306. The van der Waals surface area contributed by atoms with Crippen LogP contribution in [0, 0.1) is 0 Å². The fourth-order valence-electron chi connectivity index (χ4n) is 1.09. The van der Waals surface area contributed by atoms with Gasteiger partial charge in [0.15, 0.2) is 0 Å². The average Bonchev–Trinajstić information content (AvgIpc) is 1.93. The summed E-state index contributed by atoms with van der Waals surface area (Å²) in [5.41, 5.74) is 0. The second-order valence-corrected chi connectivity index (χ2v) is 3.84. The third kappa shape index (κ3) is 1.41. The first-order valence-corrected chi connectivity index (χ1v) is 4.87. The normalized spacial score (nSPS) is 16.0. The number of anilines is 1. The maximum Gasteiger partial charge on any atom is 0.224 e. The quantitative estimate of drug-likeness (QED) is 0.713. The highest BCUT2D eigenvalue weighted by Crippen LogP contribution is 2.27. The summed E-state index contributed by atoms with van der Waals surface area (Å²) in [4.78, 5) is 10.2. The minimum absolute atomic E-state index is 0.306. The van der Waals surface area contributed by atoms with Crippen LogP contribution in [0.1, 0.15) is 6.42 Å². The summed E-state index contributed by atoms with van der Waals surface area (Å²) in [5.74, 6) is 0.904. The van der Waals surface area contributed by atoms with E-state index in [1.54, 1.807) is 6.20 Å². The van der Waals surface area contributed by atoms with Crippen LogP contribution in [-0.2, 0) is 0 Å². The Hall–Kier alpha value is -0.350. The molecule has 1 saturated heterocycles. The second kappa shape index (κ2) is 3.18. The Balaban J connectivity index is 2.34. The molecular formula is C7H7BrClN3. The van der Waals surface area contributed by atoms with Gasteiger partial charge in [-0.25, -0.2) is 4.98 Å². The molecule has 2 heterocycles. The Bertz CT molecular complexity index is 301. The first-order valence-electron chi connectivity index (χ1n) is 3.70. The first kappa shape index (κ1) is 8.26. The van der Waals surface area contributed by atoms with E-state index < -0.39 is 0 Å². The van der Waals surface area contributed by atoms with Crippen LogP contribution in [0.5, 0.6) is 0 Å². The number of nitrogens with zero attached hydrogens (tertiary/aromatic N) is 3. The van der Waals surface area contributed by atoms with E-state index in [1.807, 2.05) is 0 Å². The van der Waals surface area contributed by atoms with Crippen LogP contribution < -0.4 is 4.90 Å². The molecule has 0 bridgehead atoms. The number of aromatic nitrogens is 2. The molecule has 1 fully saturated rings. The summed E-state index contributed by atoms with van der Waals surface area (Å²) in [6.07, 6.45) is 2.91. The van der Waals surface area contributed by atoms with E-state index in [4.69, 9.17) is 11.6 Å². The van der Waals surface area contributed by atoms with E-state index in [9.17, 15) is 0 Å². The van der Waals surface area contributed by atoms with E-state index in [0.29, 0.717) is 5.28 Å². The molecule has 0 aliphatic carbocycles. The lowest BCUT2D eigenvalue weighted by Crippen LogP contribution is -2.37. The van der Waals surface area contributed by atoms with Crippen LogP contribution in [0.25, 0.3) is 0 Å². The van der Waals surface area contributed by atoms with Gasteiger partial charge < -0.3 is 4.90 Å². The van der Waals surface area contributed by atoms with Gasteiger partial charge in [0.05, 0.1) is 4.47 Å². The topological polar surface area (TPSA) is 29.0 Å². The van der Waals surface area contributed by atoms with Crippen molar-refractivity contribution < 1.29 is 0 Å².